The lowest BCUT2D eigenvalue weighted by Gasteiger charge is -2.22. The van der Waals surface area contributed by atoms with Crippen LogP contribution in [0.1, 0.15) is 19.1 Å². The molecule has 25 nitrogen and oxygen atoms in total. The number of fused-ring (bicyclic) bond motifs is 3. The minimum atomic E-state index is -5.59. The summed E-state index contributed by atoms with van der Waals surface area (Å²) in [4.78, 5) is 83.6. The average Bonchev–Trinajstić information content (AvgIpc) is 3.73. The lowest BCUT2D eigenvalue weighted by atomic mass is 10.1. The molecule has 4 heterocycles. The number of aliphatic hydroxyl groups is 1. The number of anilines is 2. The number of aliphatic hydroxyl groups excluding tert-OH is 1. The molecule has 1 aromatic carbocycles. The highest BCUT2D eigenvalue weighted by Crippen LogP contribution is 2.61. The third kappa shape index (κ3) is 11.9. The molecule has 3 aromatic rings. The van der Waals surface area contributed by atoms with Gasteiger partial charge in [-0.25, -0.2) is 43.0 Å². The van der Waals surface area contributed by atoms with E-state index in [9.17, 15) is 38.2 Å². The van der Waals surface area contributed by atoms with Gasteiger partial charge in [-0.3, -0.25) is 13.9 Å². The largest absolute Gasteiger partial charge is 0.480 e. The molecule has 10 N–H and O–H groups in total. The van der Waals surface area contributed by atoms with Crippen LogP contribution in [0.5, 0.6) is 0 Å². The van der Waals surface area contributed by atoms with Gasteiger partial charge in [-0.2, -0.15) is 4.31 Å². The Morgan fingerprint density at radius 1 is 1.05 bits per heavy atom. The zero-order valence-corrected chi connectivity index (χ0v) is 36.0. The van der Waals surface area contributed by atoms with Crippen molar-refractivity contribution in [2.45, 2.75) is 37.4 Å². The van der Waals surface area contributed by atoms with Crippen molar-refractivity contribution in [1.82, 2.24) is 44.6 Å². The quantitative estimate of drug-likeness (QED) is 0.0265. The predicted molar refractivity (Wildman–Crippen MR) is 219 cm³/mol. The molecule has 2 unspecified atom stereocenters. The number of carbonyl (C=O) groups excluding carboxylic acids is 2. The number of hydrogen-bond acceptors (Lipinski definition) is 17. The monoisotopic (exact) mass is 930 g/mol. The highest BCUT2D eigenvalue weighted by molar-refractivity contribution is 7.70. The number of nitrogens with zero attached hydrogens (tertiary/aromatic N) is 7. The van der Waals surface area contributed by atoms with Crippen LogP contribution >= 0.6 is 34.7 Å². The van der Waals surface area contributed by atoms with E-state index in [2.05, 4.69) is 46.6 Å². The minimum absolute atomic E-state index is 0.0156. The third-order valence-corrected chi connectivity index (χ3v) is 14.3. The first-order chi connectivity index (χ1) is 28.7. The summed E-state index contributed by atoms with van der Waals surface area (Å²) in [5.41, 5.74) is 8.87. The van der Waals surface area contributed by atoms with Crippen molar-refractivity contribution in [2.75, 3.05) is 58.0 Å². The Morgan fingerprint density at radius 2 is 1.80 bits per heavy atom. The van der Waals surface area contributed by atoms with Gasteiger partial charge in [0.25, 0.3) is 0 Å². The molecule has 1 aliphatic carbocycles. The van der Waals surface area contributed by atoms with Gasteiger partial charge in [0.1, 0.15) is 38.1 Å². The molecule has 2 amide bonds. The van der Waals surface area contributed by atoms with E-state index in [1.165, 1.54) is 10.9 Å². The molecule has 0 spiro atoms. The van der Waals surface area contributed by atoms with E-state index in [4.69, 9.17) is 30.0 Å². The fraction of sp³-hybridized carbons (Fsp3) is 0.406. The van der Waals surface area contributed by atoms with Crippen molar-refractivity contribution in [3.05, 3.63) is 54.4 Å². The van der Waals surface area contributed by atoms with Crippen LogP contribution in [0.25, 0.3) is 32.0 Å². The zero-order chi connectivity index (χ0) is 44.3. The number of carbonyl (C=O) groups is 2. The number of nitrogens with one attached hydrogen (secondary N) is 3. The van der Waals surface area contributed by atoms with Crippen molar-refractivity contribution in [1.29, 1.82) is 0 Å². The molecule has 6 rings (SSSR count). The van der Waals surface area contributed by atoms with Gasteiger partial charge in [-0.05, 0) is 30.7 Å². The number of imidazole rings is 1. The van der Waals surface area contributed by atoms with E-state index in [1.54, 1.807) is 11.3 Å². The van der Waals surface area contributed by atoms with Crippen molar-refractivity contribution >= 4 is 79.5 Å². The Hall–Kier alpha value is -4.52. The number of nitrogen functional groups attached to an aromatic ring is 1. The Balaban J connectivity index is 0.997. The van der Waals surface area contributed by atoms with E-state index in [-0.39, 0.29) is 42.4 Å². The molecule has 3 aliphatic rings. The summed E-state index contributed by atoms with van der Waals surface area (Å²) < 4.78 is 59.5. The van der Waals surface area contributed by atoms with Crippen LogP contribution in [0.15, 0.2) is 49.1 Å². The lowest BCUT2D eigenvalue weighted by molar-refractivity contribution is -0.121. The number of phosphoric ester groups is 1. The number of aromatic nitrogens is 5. The molecule has 61 heavy (non-hydrogen) atoms. The Bertz CT molecular complexity index is 2610. The smallest absolute Gasteiger partial charge is 0.439 e. The van der Waals surface area contributed by atoms with Crippen molar-refractivity contribution < 1.29 is 66.3 Å². The van der Waals surface area contributed by atoms with Crippen molar-refractivity contribution in [2.24, 2.45) is 0 Å². The van der Waals surface area contributed by atoms with Gasteiger partial charge in [0.15, 0.2) is 23.8 Å². The highest BCUT2D eigenvalue weighted by Gasteiger charge is 2.49. The van der Waals surface area contributed by atoms with Gasteiger partial charge in [0.2, 0.25) is 11.3 Å². The molecule has 6 atom stereocenters. The summed E-state index contributed by atoms with van der Waals surface area (Å²) in [6, 6.07) is 12.2. The fourth-order valence-corrected chi connectivity index (χ4v) is 10.6. The predicted octanol–water partition coefficient (Wildman–Crippen LogP) is 0.457. The minimum Gasteiger partial charge on any atom is -0.439 e. The van der Waals surface area contributed by atoms with Gasteiger partial charge >= 0.3 is 29.4 Å². The number of benzene rings is 2. The number of nitrogens with two attached hydrogens (primary N) is 1. The molecule has 29 heteroatoms. The van der Waals surface area contributed by atoms with Crippen LogP contribution in [-0.2, 0) is 36.8 Å². The van der Waals surface area contributed by atoms with Gasteiger partial charge in [-0.1, -0.05) is 0 Å². The molecule has 2 aliphatic heterocycles. The molecule has 0 bridgehead atoms. The maximum atomic E-state index is 12.9. The standard InChI is InChI=1S/C32H42N11O14P3S/c1-41(2)18-6-8-20-23(13-18)61-24-14-19(7-9-21(24)39-20)42(3)12-4-5-25(44)34-10-11-35-32(46)56-28-27(45)22(15-54-60(52,53)57-59(50,51)40-58(47,48)49)55-31(28)43-17-38-26-29(33)36-16-37-30(26)43/h6-9,13-14,16-17,22,27-28,31,45H,4-5,10-12,15H2,1-3H3,(H8-,33,34,35,36,37,40,44,46,47,48,49,50,51,52,53)/p+1/t22-,27-,28-,31-/m1/s1. The summed E-state index contributed by atoms with van der Waals surface area (Å²) in [7, 11) is -10.6. The van der Waals surface area contributed by atoms with Gasteiger partial charge in [0.05, 0.1) is 33.7 Å². The zero-order valence-electron chi connectivity index (χ0n) is 32.5. The molecule has 0 radical (unpaired) electrons. The first-order valence-electron chi connectivity index (χ1n) is 18.1. The molecule has 0 saturated carbocycles. The van der Waals surface area contributed by atoms with Crippen LogP contribution in [0.3, 0.4) is 0 Å². The van der Waals surface area contributed by atoms with E-state index in [1.807, 2.05) is 54.9 Å². The molecular weight excluding hydrogens is 887 g/mol. The number of ether oxygens (including phenoxy) is 2. The molecule has 2 aromatic heterocycles. The SMILES string of the molecule is CN(CCCC(=O)NCCNC(=O)O[C@@H]1[C@H](O)[C@@H](COP(=O)(O)OP(=O)(O)NP(=O)(O)O)O[C@H]1n1cnc2c(N)ncnc21)c1ccc2nc3ccc(=[N+](C)C)cc-3sc2c1. The van der Waals surface area contributed by atoms with E-state index >= 15 is 0 Å². The van der Waals surface area contributed by atoms with E-state index < -0.39 is 60.6 Å². The number of phosphoric acid groups is 1. The third-order valence-electron chi connectivity index (χ3n) is 9.01. The lowest BCUT2D eigenvalue weighted by Crippen LogP contribution is -2.41. The first-order valence-corrected chi connectivity index (χ1v) is 23.6. The average molecular weight is 931 g/mol. The second-order valence-electron chi connectivity index (χ2n) is 13.7. The summed E-state index contributed by atoms with van der Waals surface area (Å²) in [6.07, 6.45) is -4.42. The number of rotatable bonds is 17. The second kappa shape index (κ2) is 18.8. The molecule has 1 saturated heterocycles. The molecule has 330 valence electrons. The Kier molecular flexibility index (Phi) is 14.2. The maximum absolute atomic E-state index is 12.9. The first kappa shape index (κ1) is 46.0. The summed E-state index contributed by atoms with van der Waals surface area (Å²) >= 11 is 1.66. The number of hydrogen-bond donors (Lipinski definition) is 9. The second-order valence-corrected chi connectivity index (χ2v) is 19.6. The number of alkyl carbamates (subject to hydrolysis) is 1. The Labute approximate surface area is 349 Å². The molecule has 1 fully saturated rings. The van der Waals surface area contributed by atoms with E-state index in [0.717, 1.165) is 43.0 Å². The summed E-state index contributed by atoms with van der Waals surface area (Å²) in [5, 5.41) is 17.4. The highest BCUT2D eigenvalue weighted by atomic mass is 32.1. The van der Waals surface area contributed by atoms with E-state index in [0.29, 0.717) is 13.0 Å². The van der Waals surface area contributed by atoms with Crippen LogP contribution < -0.4 is 36.1 Å². The van der Waals surface area contributed by atoms with Crippen LogP contribution in [0, 0.1) is 0 Å². The Morgan fingerprint density at radius 3 is 2.54 bits per heavy atom. The molecular formula is C32H43N11O14P3S+. The van der Waals surface area contributed by atoms with Crippen LogP contribution in [0.4, 0.5) is 16.3 Å². The summed E-state index contributed by atoms with van der Waals surface area (Å²) in [5.74, 6) is -0.272. The van der Waals surface area contributed by atoms with Gasteiger partial charge in [-0.15, -0.1) is 16.2 Å². The van der Waals surface area contributed by atoms with Crippen molar-refractivity contribution in [3.8, 4) is 10.6 Å². The summed E-state index contributed by atoms with van der Waals surface area (Å²) in [6.45, 7) is -0.516. The normalized spacial score (nSPS) is 20.0. The van der Waals surface area contributed by atoms with Crippen LogP contribution in [-0.4, -0.2) is 127 Å². The topological polar surface area (TPSA) is 348 Å². The van der Waals surface area contributed by atoms with Crippen LogP contribution in [0.2, 0.25) is 0 Å². The fourth-order valence-electron chi connectivity index (χ4n) is 6.12. The maximum Gasteiger partial charge on any atom is 0.480 e. The number of amides is 2. The van der Waals surface area contributed by atoms with Gasteiger partial charge < -0.3 is 55.4 Å². The van der Waals surface area contributed by atoms with Crippen molar-refractivity contribution in [3.63, 3.8) is 0 Å². The van der Waals surface area contributed by atoms with Gasteiger partial charge in [0, 0.05) is 50.9 Å².